The third-order valence-corrected chi connectivity index (χ3v) is 3.00. The second-order valence-electron chi connectivity index (χ2n) is 4.01. The average Bonchev–Trinajstić information content (AvgIpc) is 2.27. The lowest BCUT2D eigenvalue weighted by atomic mass is 9.83. The van der Waals surface area contributed by atoms with Gasteiger partial charge in [0, 0.05) is 12.4 Å². The lowest BCUT2D eigenvalue weighted by Gasteiger charge is -2.30. The Hall–Kier alpha value is -1.16. The molecule has 0 amide bonds. The van der Waals surface area contributed by atoms with E-state index in [4.69, 9.17) is 10.5 Å². The van der Waals surface area contributed by atoms with Gasteiger partial charge in [0.15, 0.2) is 0 Å². The summed E-state index contributed by atoms with van der Waals surface area (Å²) in [6.07, 6.45) is 4.24. The summed E-state index contributed by atoms with van der Waals surface area (Å²) in [6, 6.07) is 0. The summed E-state index contributed by atoms with van der Waals surface area (Å²) in [5.74, 6) is 0.839. The zero-order valence-electron chi connectivity index (χ0n) is 9.82. The molecule has 0 aliphatic heterocycles. The summed E-state index contributed by atoms with van der Waals surface area (Å²) in [7, 11) is 1.58. The quantitative estimate of drug-likeness (QED) is 0.820. The molecule has 0 fully saturated rings. The van der Waals surface area contributed by atoms with Crippen molar-refractivity contribution in [3.8, 4) is 5.88 Å². The molecule has 0 aliphatic rings. The van der Waals surface area contributed by atoms with Gasteiger partial charge in [-0.25, -0.2) is 4.98 Å². The van der Waals surface area contributed by atoms with Crippen LogP contribution in [0.3, 0.4) is 0 Å². The first kappa shape index (κ1) is 11.9. The van der Waals surface area contributed by atoms with Gasteiger partial charge < -0.3 is 10.5 Å². The summed E-state index contributed by atoms with van der Waals surface area (Å²) in [6.45, 7) is 6.18. The van der Waals surface area contributed by atoms with E-state index in [1.54, 1.807) is 19.5 Å². The predicted molar refractivity (Wildman–Crippen MR) is 59.6 cm³/mol. The first-order chi connectivity index (χ1) is 7.04. The van der Waals surface area contributed by atoms with E-state index in [9.17, 15) is 0 Å². The van der Waals surface area contributed by atoms with Crippen LogP contribution < -0.4 is 10.5 Å². The lowest BCUT2D eigenvalue weighted by Crippen LogP contribution is -2.41. The van der Waals surface area contributed by atoms with Crippen LogP contribution in [0.25, 0.3) is 0 Å². The smallest absolute Gasteiger partial charge is 0.237 e. The van der Waals surface area contributed by atoms with Crippen molar-refractivity contribution in [1.82, 2.24) is 9.97 Å². The molecule has 0 aromatic carbocycles. The fourth-order valence-corrected chi connectivity index (χ4v) is 1.50. The van der Waals surface area contributed by atoms with Crippen LogP contribution in [0.15, 0.2) is 12.4 Å². The topological polar surface area (TPSA) is 61.0 Å². The van der Waals surface area contributed by atoms with Gasteiger partial charge in [0.25, 0.3) is 0 Å². The van der Waals surface area contributed by atoms with Gasteiger partial charge in [-0.1, -0.05) is 20.3 Å². The van der Waals surface area contributed by atoms with E-state index < -0.39 is 5.54 Å². The van der Waals surface area contributed by atoms with E-state index in [1.165, 1.54) is 0 Å². The fraction of sp³-hybridized carbons (Fsp3) is 0.636. The maximum atomic E-state index is 6.29. The van der Waals surface area contributed by atoms with Gasteiger partial charge >= 0.3 is 0 Å². The normalized spacial score (nSPS) is 16.9. The largest absolute Gasteiger partial charge is 0.480 e. The summed E-state index contributed by atoms with van der Waals surface area (Å²) in [5.41, 5.74) is 6.50. The highest BCUT2D eigenvalue weighted by Gasteiger charge is 2.32. The Kier molecular flexibility index (Phi) is 3.63. The second-order valence-corrected chi connectivity index (χ2v) is 4.01. The molecule has 2 unspecified atom stereocenters. The van der Waals surface area contributed by atoms with Crippen molar-refractivity contribution >= 4 is 0 Å². The average molecular weight is 209 g/mol. The predicted octanol–water partition coefficient (Wildman–Crippen LogP) is 1.71. The van der Waals surface area contributed by atoms with Crippen molar-refractivity contribution in [3.63, 3.8) is 0 Å². The van der Waals surface area contributed by atoms with Crippen molar-refractivity contribution < 1.29 is 4.74 Å². The van der Waals surface area contributed by atoms with E-state index >= 15 is 0 Å². The molecule has 4 nitrogen and oxygen atoms in total. The van der Waals surface area contributed by atoms with Crippen LogP contribution in [0.5, 0.6) is 5.88 Å². The molecule has 2 N–H and O–H groups in total. The molecule has 0 bridgehead atoms. The highest BCUT2D eigenvalue weighted by Crippen LogP contribution is 2.31. The molecular weight excluding hydrogens is 190 g/mol. The summed E-state index contributed by atoms with van der Waals surface area (Å²) in [5, 5.41) is 0. The van der Waals surface area contributed by atoms with Crippen molar-refractivity contribution in [1.29, 1.82) is 0 Å². The molecule has 0 radical (unpaired) electrons. The highest BCUT2D eigenvalue weighted by atomic mass is 16.5. The van der Waals surface area contributed by atoms with Gasteiger partial charge in [-0.3, -0.25) is 4.98 Å². The molecule has 0 spiro atoms. The zero-order valence-corrected chi connectivity index (χ0v) is 9.82. The Balaban J connectivity index is 3.13. The minimum absolute atomic E-state index is 0.322. The molecule has 1 heterocycles. The molecular formula is C11H19N3O. The van der Waals surface area contributed by atoms with Crippen molar-refractivity contribution in [2.45, 2.75) is 32.7 Å². The number of methoxy groups -OCH3 is 1. The Morgan fingerprint density at radius 3 is 2.60 bits per heavy atom. The standard InChI is InChI=1S/C11H19N3O/c1-5-8(2)11(3,12)9-10(15-4)14-7-6-13-9/h6-8H,5,12H2,1-4H3. The van der Waals surface area contributed by atoms with E-state index in [0.29, 0.717) is 11.8 Å². The lowest BCUT2D eigenvalue weighted by molar-refractivity contribution is 0.286. The van der Waals surface area contributed by atoms with Crippen LogP contribution in [-0.4, -0.2) is 17.1 Å². The number of rotatable bonds is 4. The molecule has 1 rings (SSSR count). The zero-order chi connectivity index (χ0) is 11.5. The van der Waals surface area contributed by atoms with Crippen molar-refractivity contribution in [2.75, 3.05) is 7.11 Å². The number of ether oxygens (including phenoxy) is 1. The number of aromatic nitrogens is 2. The van der Waals surface area contributed by atoms with E-state index in [-0.39, 0.29) is 0 Å². The maximum Gasteiger partial charge on any atom is 0.237 e. The van der Waals surface area contributed by atoms with Gasteiger partial charge in [-0.15, -0.1) is 0 Å². The summed E-state index contributed by atoms with van der Waals surface area (Å²) in [4.78, 5) is 8.39. The van der Waals surface area contributed by atoms with E-state index in [1.807, 2.05) is 6.92 Å². The number of hydrogen-bond donors (Lipinski definition) is 1. The highest BCUT2D eigenvalue weighted by molar-refractivity contribution is 5.25. The Morgan fingerprint density at radius 2 is 2.07 bits per heavy atom. The van der Waals surface area contributed by atoms with Gasteiger partial charge in [0.1, 0.15) is 5.69 Å². The molecule has 4 heteroatoms. The summed E-state index contributed by atoms with van der Waals surface area (Å²) >= 11 is 0. The fourth-order valence-electron chi connectivity index (χ4n) is 1.50. The van der Waals surface area contributed by atoms with Crippen molar-refractivity contribution in [2.24, 2.45) is 11.7 Å². The van der Waals surface area contributed by atoms with Gasteiger partial charge in [-0.05, 0) is 12.8 Å². The third kappa shape index (κ3) is 2.26. The first-order valence-corrected chi connectivity index (χ1v) is 5.18. The van der Waals surface area contributed by atoms with Crippen LogP contribution in [0.2, 0.25) is 0 Å². The minimum atomic E-state index is -0.506. The molecule has 0 saturated carbocycles. The van der Waals surface area contributed by atoms with Crippen LogP contribution in [0.4, 0.5) is 0 Å². The van der Waals surface area contributed by atoms with Gasteiger partial charge in [0.2, 0.25) is 5.88 Å². The first-order valence-electron chi connectivity index (χ1n) is 5.18. The Morgan fingerprint density at radius 1 is 1.47 bits per heavy atom. The number of nitrogens with zero attached hydrogens (tertiary/aromatic N) is 2. The number of nitrogens with two attached hydrogens (primary N) is 1. The van der Waals surface area contributed by atoms with Gasteiger partial charge in [0.05, 0.1) is 12.6 Å². The molecule has 1 aromatic rings. The Bertz CT molecular complexity index is 325. The van der Waals surface area contributed by atoms with Crippen LogP contribution >= 0.6 is 0 Å². The molecule has 15 heavy (non-hydrogen) atoms. The minimum Gasteiger partial charge on any atom is -0.480 e. The Labute approximate surface area is 90.9 Å². The molecule has 0 saturated heterocycles. The van der Waals surface area contributed by atoms with Crippen LogP contribution in [0.1, 0.15) is 32.9 Å². The van der Waals surface area contributed by atoms with Crippen LogP contribution in [-0.2, 0) is 5.54 Å². The SMILES string of the molecule is CCC(C)C(C)(N)c1nccnc1OC. The summed E-state index contributed by atoms with van der Waals surface area (Å²) < 4.78 is 5.17. The molecule has 1 aromatic heterocycles. The monoisotopic (exact) mass is 209 g/mol. The maximum absolute atomic E-state index is 6.29. The van der Waals surface area contributed by atoms with Crippen molar-refractivity contribution in [3.05, 3.63) is 18.1 Å². The molecule has 84 valence electrons. The van der Waals surface area contributed by atoms with E-state index in [0.717, 1.165) is 12.1 Å². The second kappa shape index (κ2) is 4.57. The molecule has 0 aliphatic carbocycles. The molecule has 2 atom stereocenters. The van der Waals surface area contributed by atoms with Crippen LogP contribution in [0, 0.1) is 5.92 Å². The van der Waals surface area contributed by atoms with E-state index in [2.05, 4.69) is 23.8 Å². The third-order valence-electron chi connectivity index (χ3n) is 3.00. The number of hydrogen-bond acceptors (Lipinski definition) is 4. The van der Waals surface area contributed by atoms with Gasteiger partial charge in [-0.2, -0.15) is 0 Å².